The van der Waals surface area contributed by atoms with Gasteiger partial charge in [-0.3, -0.25) is 0 Å². The number of ether oxygens (including phenoxy) is 2. The lowest BCUT2D eigenvalue weighted by molar-refractivity contribution is -0.0326. The summed E-state index contributed by atoms with van der Waals surface area (Å²) < 4.78 is 79.1. The van der Waals surface area contributed by atoms with Crippen molar-refractivity contribution in [2.45, 2.75) is 33.0 Å². The molecule has 0 aromatic heterocycles. The molecule has 2 unspecified atom stereocenters. The third kappa shape index (κ3) is 3.95. The van der Waals surface area contributed by atoms with Gasteiger partial charge in [-0.05, 0) is 6.92 Å². The summed E-state index contributed by atoms with van der Waals surface area (Å²) in [6.45, 7) is 12.2. The Morgan fingerprint density at radius 3 is 1.83 bits per heavy atom. The van der Waals surface area contributed by atoms with Gasteiger partial charge in [-0.2, -0.15) is 0 Å². The minimum Gasteiger partial charge on any atom is -0.487 e. The van der Waals surface area contributed by atoms with Gasteiger partial charge in [0.1, 0.15) is 6.10 Å². The lowest BCUT2D eigenvalue weighted by Gasteiger charge is -2.28. The Balaban J connectivity index is 3.54. The van der Waals surface area contributed by atoms with E-state index in [-0.39, 0.29) is 18.3 Å². The molecule has 2 atom stereocenters. The molecule has 0 N–H and O–H groups in total. The van der Waals surface area contributed by atoms with Gasteiger partial charge in [0.25, 0.3) is 0 Å². The first-order valence-corrected chi connectivity index (χ1v) is 7.28. The summed E-state index contributed by atoms with van der Waals surface area (Å²) in [5.74, 6) is -10.4. The van der Waals surface area contributed by atoms with Crippen molar-refractivity contribution in [1.29, 1.82) is 0 Å². The molecule has 0 saturated carbocycles. The molecule has 1 aromatic carbocycles. The second-order valence-corrected chi connectivity index (χ2v) is 5.30. The summed E-state index contributed by atoms with van der Waals surface area (Å²) in [7, 11) is 0. The first-order valence-electron chi connectivity index (χ1n) is 7.28. The fourth-order valence-electron chi connectivity index (χ4n) is 1.93. The van der Waals surface area contributed by atoms with Crippen LogP contribution in [0.3, 0.4) is 0 Å². The maximum absolute atomic E-state index is 14.1. The van der Waals surface area contributed by atoms with Crippen molar-refractivity contribution >= 4 is 0 Å². The molecule has 0 radical (unpaired) electrons. The molecule has 7 heteroatoms. The van der Waals surface area contributed by atoms with E-state index < -0.39 is 46.9 Å². The molecule has 0 amide bonds. The van der Waals surface area contributed by atoms with Gasteiger partial charge >= 0.3 is 0 Å². The number of hydrogen-bond donors (Lipinski definition) is 0. The second kappa shape index (κ2) is 8.28. The zero-order valence-electron chi connectivity index (χ0n) is 13.6. The van der Waals surface area contributed by atoms with Crippen molar-refractivity contribution in [1.82, 2.24) is 0 Å². The van der Waals surface area contributed by atoms with E-state index in [9.17, 15) is 22.0 Å². The van der Waals surface area contributed by atoms with Crippen LogP contribution in [0.25, 0.3) is 0 Å². The highest BCUT2D eigenvalue weighted by Crippen LogP contribution is 2.35. The molecule has 0 bridgehead atoms. The summed E-state index contributed by atoms with van der Waals surface area (Å²) in [4.78, 5) is 0. The smallest absolute Gasteiger partial charge is 0.200 e. The zero-order valence-corrected chi connectivity index (χ0v) is 13.6. The van der Waals surface area contributed by atoms with Crippen molar-refractivity contribution < 1.29 is 31.4 Å². The standard InChI is InChI=1S/C17H19F5O2/c1-6-10(23-7-2)17(24-9(5)8(3)4)11-12(18)14(20)16(22)15(21)13(11)19/h6,8,10,17H,1,5,7H2,2-4H3. The van der Waals surface area contributed by atoms with Gasteiger partial charge in [0.2, 0.25) is 5.82 Å². The molecule has 0 aliphatic heterocycles. The SMILES string of the molecule is C=CC(OCC)C(OC(=C)C(C)C)c1c(F)c(F)c(F)c(F)c1F. The van der Waals surface area contributed by atoms with Crippen LogP contribution in [0.4, 0.5) is 22.0 Å². The Labute approximate surface area is 137 Å². The predicted molar refractivity (Wildman–Crippen MR) is 79.6 cm³/mol. The molecular formula is C17H19F5O2. The molecular weight excluding hydrogens is 331 g/mol. The largest absolute Gasteiger partial charge is 0.487 e. The van der Waals surface area contributed by atoms with Crippen LogP contribution >= 0.6 is 0 Å². The van der Waals surface area contributed by atoms with Crippen LogP contribution in [-0.4, -0.2) is 12.7 Å². The van der Waals surface area contributed by atoms with Gasteiger partial charge in [0, 0.05) is 12.5 Å². The van der Waals surface area contributed by atoms with Gasteiger partial charge in [0.05, 0.1) is 11.3 Å². The average Bonchev–Trinajstić information content (AvgIpc) is 2.55. The number of halogens is 5. The Morgan fingerprint density at radius 2 is 1.46 bits per heavy atom. The lowest BCUT2D eigenvalue weighted by Crippen LogP contribution is -2.26. The van der Waals surface area contributed by atoms with Gasteiger partial charge in [0.15, 0.2) is 29.4 Å². The molecule has 0 fully saturated rings. The predicted octanol–water partition coefficient (Wildman–Crippen LogP) is 5.20. The average molecular weight is 350 g/mol. The Hall–Kier alpha value is -1.89. The van der Waals surface area contributed by atoms with Crippen LogP contribution < -0.4 is 0 Å². The first-order chi connectivity index (χ1) is 11.2. The van der Waals surface area contributed by atoms with E-state index in [0.29, 0.717) is 0 Å². The topological polar surface area (TPSA) is 18.5 Å². The molecule has 2 nitrogen and oxygen atoms in total. The molecule has 24 heavy (non-hydrogen) atoms. The fourth-order valence-corrected chi connectivity index (χ4v) is 1.93. The van der Waals surface area contributed by atoms with Gasteiger partial charge in [-0.15, -0.1) is 6.58 Å². The highest BCUT2D eigenvalue weighted by molar-refractivity contribution is 5.28. The van der Waals surface area contributed by atoms with Crippen LogP contribution in [0.5, 0.6) is 0 Å². The van der Waals surface area contributed by atoms with E-state index in [2.05, 4.69) is 13.2 Å². The van der Waals surface area contributed by atoms with Crippen molar-refractivity contribution in [3.8, 4) is 0 Å². The molecule has 1 rings (SSSR count). The maximum Gasteiger partial charge on any atom is 0.200 e. The third-order valence-electron chi connectivity index (χ3n) is 3.34. The first kappa shape index (κ1) is 20.2. The summed E-state index contributed by atoms with van der Waals surface area (Å²) in [6, 6.07) is 0. The second-order valence-electron chi connectivity index (χ2n) is 5.30. The minimum atomic E-state index is -2.23. The van der Waals surface area contributed by atoms with Crippen molar-refractivity contribution in [2.75, 3.05) is 6.61 Å². The summed E-state index contributed by atoms with van der Waals surface area (Å²) >= 11 is 0. The monoisotopic (exact) mass is 350 g/mol. The van der Waals surface area contributed by atoms with E-state index in [0.717, 1.165) is 0 Å². The van der Waals surface area contributed by atoms with Crippen molar-refractivity contribution in [2.24, 2.45) is 5.92 Å². The molecule has 134 valence electrons. The zero-order chi connectivity index (χ0) is 18.6. The quantitative estimate of drug-likeness (QED) is 0.211. The molecule has 0 aliphatic rings. The van der Waals surface area contributed by atoms with Crippen molar-refractivity contribution in [3.63, 3.8) is 0 Å². The van der Waals surface area contributed by atoms with E-state index >= 15 is 0 Å². The van der Waals surface area contributed by atoms with E-state index in [4.69, 9.17) is 9.47 Å². The van der Waals surface area contributed by atoms with Crippen LogP contribution in [0, 0.1) is 35.0 Å². The van der Waals surface area contributed by atoms with Crippen LogP contribution in [0.1, 0.15) is 32.4 Å². The molecule has 0 heterocycles. The third-order valence-corrected chi connectivity index (χ3v) is 3.34. The number of benzene rings is 1. The maximum atomic E-state index is 14.1. The van der Waals surface area contributed by atoms with Gasteiger partial charge < -0.3 is 9.47 Å². The Morgan fingerprint density at radius 1 is 1.00 bits per heavy atom. The summed E-state index contributed by atoms with van der Waals surface area (Å²) in [5.41, 5.74) is -1.12. The van der Waals surface area contributed by atoms with Gasteiger partial charge in [-0.25, -0.2) is 22.0 Å². The number of rotatable bonds is 8. The van der Waals surface area contributed by atoms with E-state index in [1.807, 2.05) is 0 Å². The molecule has 0 saturated heterocycles. The van der Waals surface area contributed by atoms with Crippen LogP contribution in [0.2, 0.25) is 0 Å². The van der Waals surface area contributed by atoms with E-state index in [1.54, 1.807) is 20.8 Å². The molecule has 0 spiro atoms. The normalized spacial score (nSPS) is 13.7. The van der Waals surface area contributed by atoms with Crippen LogP contribution in [0.15, 0.2) is 25.0 Å². The van der Waals surface area contributed by atoms with Crippen molar-refractivity contribution in [3.05, 3.63) is 59.6 Å². The molecule has 0 aliphatic carbocycles. The van der Waals surface area contributed by atoms with Crippen LogP contribution in [-0.2, 0) is 9.47 Å². The lowest BCUT2D eigenvalue weighted by atomic mass is 10.0. The number of hydrogen-bond acceptors (Lipinski definition) is 2. The molecule has 1 aromatic rings. The summed E-state index contributed by atoms with van der Waals surface area (Å²) in [5, 5.41) is 0. The van der Waals surface area contributed by atoms with Gasteiger partial charge in [-0.1, -0.05) is 26.5 Å². The number of allylic oxidation sites excluding steroid dienone is 1. The summed E-state index contributed by atoms with van der Waals surface area (Å²) in [6.07, 6.45) is -1.60. The highest BCUT2D eigenvalue weighted by Gasteiger charge is 2.35. The fraction of sp³-hybridized carbons (Fsp3) is 0.412. The minimum absolute atomic E-state index is 0.107. The Kier molecular flexibility index (Phi) is 6.95. The van der Waals surface area contributed by atoms with E-state index in [1.165, 1.54) is 6.08 Å². The highest BCUT2D eigenvalue weighted by atomic mass is 19.2. The Bertz CT molecular complexity index is 599.